The van der Waals surface area contributed by atoms with Gasteiger partial charge < -0.3 is 4.74 Å². The fourth-order valence-corrected chi connectivity index (χ4v) is 1.97. The molecule has 2 aromatic rings. The molecule has 0 aliphatic carbocycles. The summed E-state index contributed by atoms with van der Waals surface area (Å²) in [7, 11) is 0. The van der Waals surface area contributed by atoms with Crippen molar-refractivity contribution in [3.8, 4) is 11.5 Å². The van der Waals surface area contributed by atoms with Crippen LogP contribution in [0.25, 0.3) is 0 Å². The Morgan fingerprint density at radius 3 is 2.42 bits per heavy atom. The second-order valence-electron chi connectivity index (χ2n) is 3.71. The van der Waals surface area contributed by atoms with E-state index in [1.807, 2.05) is 0 Å². The van der Waals surface area contributed by atoms with Crippen LogP contribution in [0.15, 0.2) is 42.5 Å². The Hall–Kier alpha value is -1.78. The summed E-state index contributed by atoms with van der Waals surface area (Å²) >= 11 is 11.9. The number of alkyl halides is 1. The number of hydrogen-bond donors (Lipinski definition) is 0. The summed E-state index contributed by atoms with van der Waals surface area (Å²) in [6, 6.07) is 11.0. The van der Waals surface area contributed by atoms with E-state index in [1.165, 1.54) is 24.3 Å². The first-order chi connectivity index (χ1) is 9.11. The average molecular weight is 298 g/mol. The molecule has 0 N–H and O–H groups in total. The van der Waals surface area contributed by atoms with Crippen LogP contribution >= 0.6 is 23.2 Å². The summed E-state index contributed by atoms with van der Waals surface area (Å²) in [5, 5.41) is 11.0. The van der Waals surface area contributed by atoms with E-state index in [2.05, 4.69) is 0 Å². The lowest BCUT2D eigenvalue weighted by Crippen LogP contribution is -1.92. The zero-order valence-corrected chi connectivity index (χ0v) is 11.2. The van der Waals surface area contributed by atoms with Crippen molar-refractivity contribution < 1.29 is 9.66 Å². The van der Waals surface area contributed by atoms with E-state index in [4.69, 9.17) is 27.9 Å². The minimum atomic E-state index is -0.469. The number of nitro groups is 1. The van der Waals surface area contributed by atoms with E-state index >= 15 is 0 Å². The summed E-state index contributed by atoms with van der Waals surface area (Å²) < 4.78 is 5.63. The number of hydrogen-bond acceptors (Lipinski definition) is 3. The second-order valence-corrected chi connectivity index (χ2v) is 4.39. The van der Waals surface area contributed by atoms with Gasteiger partial charge in [0.1, 0.15) is 11.5 Å². The molecule has 0 atom stereocenters. The van der Waals surface area contributed by atoms with Crippen molar-refractivity contribution in [2.24, 2.45) is 0 Å². The number of ether oxygens (including phenoxy) is 1. The Labute approximate surface area is 119 Å². The van der Waals surface area contributed by atoms with Crippen molar-refractivity contribution in [3.05, 3.63) is 63.2 Å². The van der Waals surface area contributed by atoms with Crippen molar-refractivity contribution in [1.82, 2.24) is 0 Å². The van der Waals surface area contributed by atoms with Crippen molar-refractivity contribution in [1.29, 1.82) is 0 Å². The molecule has 0 saturated carbocycles. The Balaban J connectivity index is 2.28. The summed E-state index contributed by atoms with van der Waals surface area (Å²) in [5.74, 6) is 1.20. The van der Waals surface area contributed by atoms with Crippen molar-refractivity contribution in [3.63, 3.8) is 0 Å². The number of nitro benzene ring substituents is 1. The number of halogens is 2. The highest BCUT2D eigenvalue weighted by molar-refractivity contribution is 6.32. The van der Waals surface area contributed by atoms with Gasteiger partial charge in [-0.15, -0.1) is 11.6 Å². The summed E-state index contributed by atoms with van der Waals surface area (Å²) in [6.45, 7) is 0. The normalized spacial score (nSPS) is 10.2. The highest BCUT2D eigenvalue weighted by Crippen LogP contribution is 2.34. The van der Waals surface area contributed by atoms with Crippen LogP contribution in [0.1, 0.15) is 5.56 Å². The Morgan fingerprint density at radius 1 is 1.16 bits per heavy atom. The molecule has 98 valence electrons. The van der Waals surface area contributed by atoms with Gasteiger partial charge in [-0.05, 0) is 18.2 Å². The zero-order valence-electron chi connectivity index (χ0n) is 9.68. The van der Waals surface area contributed by atoms with Crippen molar-refractivity contribution in [2.75, 3.05) is 0 Å². The first-order valence-electron chi connectivity index (χ1n) is 5.37. The van der Waals surface area contributed by atoms with Gasteiger partial charge in [-0.1, -0.05) is 23.7 Å². The molecule has 19 heavy (non-hydrogen) atoms. The maximum atomic E-state index is 10.6. The SMILES string of the molecule is O=[N+]([O-])c1ccc(Oc2c(Cl)cccc2CCl)cc1. The molecule has 0 aliphatic rings. The quantitative estimate of drug-likeness (QED) is 0.463. The second kappa shape index (κ2) is 5.91. The minimum absolute atomic E-state index is 0.00377. The molecule has 6 heteroatoms. The van der Waals surface area contributed by atoms with Gasteiger partial charge in [-0.25, -0.2) is 0 Å². The molecule has 4 nitrogen and oxygen atoms in total. The predicted octanol–water partition coefficient (Wildman–Crippen LogP) is 4.78. The number of benzene rings is 2. The Bertz CT molecular complexity index is 599. The molecule has 0 heterocycles. The average Bonchev–Trinajstić information content (AvgIpc) is 2.41. The fourth-order valence-electron chi connectivity index (χ4n) is 1.53. The first kappa shape index (κ1) is 13.6. The lowest BCUT2D eigenvalue weighted by Gasteiger charge is -2.11. The van der Waals surface area contributed by atoms with Crippen LogP contribution < -0.4 is 4.74 Å². The van der Waals surface area contributed by atoms with Gasteiger partial charge in [0.2, 0.25) is 0 Å². The molecule has 0 unspecified atom stereocenters. The fraction of sp³-hybridized carbons (Fsp3) is 0.0769. The van der Waals surface area contributed by atoms with Crippen LogP contribution in [0.5, 0.6) is 11.5 Å². The largest absolute Gasteiger partial charge is 0.455 e. The maximum absolute atomic E-state index is 10.6. The molecule has 0 radical (unpaired) electrons. The van der Waals surface area contributed by atoms with Crippen LogP contribution in [-0.4, -0.2) is 4.92 Å². The topological polar surface area (TPSA) is 52.4 Å². The summed E-state index contributed by atoms with van der Waals surface area (Å²) in [5.41, 5.74) is 0.761. The molecule has 2 aromatic carbocycles. The smallest absolute Gasteiger partial charge is 0.269 e. The van der Waals surface area contributed by atoms with Crippen molar-refractivity contribution >= 4 is 28.9 Å². The van der Waals surface area contributed by atoms with Gasteiger partial charge in [0, 0.05) is 17.7 Å². The highest BCUT2D eigenvalue weighted by atomic mass is 35.5. The molecular weight excluding hydrogens is 289 g/mol. The van der Waals surface area contributed by atoms with Gasteiger partial charge in [0.05, 0.1) is 15.8 Å². The summed E-state index contributed by atoms with van der Waals surface area (Å²) in [4.78, 5) is 10.1. The molecule has 0 fully saturated rings. The molecular formula is C13H9Cl2NO3. The Morgan fingerprint density at radius 2 is 1.84 bits per heavy atom. The van der Waals surface area contributed by atoms with Crippen LogP contribution in [0.2, 0.25) is 5.02 Å². The molecule has 0 aliphatic heterocycles. The monoisotopic (exact) mass is 297 g/mol. The standard InChI is InChI=1S/C13H9Cl2NO3/c14-8-9-2-1-3-12(15)13(9)19-11-6-4-10(5-7-11)16(17)18/h1-7H,8H2. The van der Waals surface area contributed by atoms with Crippen LogP contribution in [0.4, 0.5) is 5.69 Å². The van der Waals surface area contributed by atoms with Gasteiger partial charge in [0.15, 0.2) is 0 Å². The van der Waals surface area contributed by atoms with Gasteiger partial charge in [0.25, 0.3) is 5.69 Å². The third-order valence-electron chi connectivity index (χ3n) is 2.46. The molecule has 0 amide bonds. The van der Waals surface area contributed by atoms with E-state index in [9.17, 15) is 10.1 Å². The highest BCUT2D eigenvalue weighted by Gasteiger charge is 2.10. The van der Waals surface area contributed by atoms with Crippen LogP contribution in [0.3, 0.4) is 0 Å². The zero-order chi connectivity index (χ0) is 13.8. The number of para-hydroxylation sites is 1. The number of nitrogens with zero attached hydrogens (tertiary/aromatic N) is 1. The van der Waals surface area contributed by atoms with Gasteiger partial charge >= 0.3 is 0 Å². The molecule has 0 saturated heterocycles. The number of rotatable bonds is 4. The lowest BCUT2D eigenvalue weighted by molar-refractivity contribution is -0.384. The van der Waals surface area contributed by atoms with Gasteiger partial charge in [-0.3, -0.25) is 10.1 Å². The van der Waals surface area contributed by atoms with E-state index in [1.54, 1.807) is 18.2 Å². The maximum Gasteiger partial charge on any atom is 0.269 e. The third kappa shape index (κ3) is 3.16. The van der Waals surface area contributed by atoms with E-state index < -0.39 is 4.92 Å². The molecule has 0 aromatic heterocycles. The molecule has 0 spiro atoms. The minimum Gasteiger partial charge on any atom is -0.455 e. The lowest BCUT2D eigenvalue weighted by atomic mass is 10.2. The van der Waals surface area contributed by atoms with E-state index in [0.29, 0.717) is 16.5 Å². The third-order valence-corrected chi connectivity index (χ3v) is 3.05. The molecule has 2 rings (SSSR count). The van der Waals surface area contributed by atoms with E-state index in [-0.39, 0.29) is 11.6 Å². The van der Waals surface area contributed by atoms with Crippen molar-refractivity contribution in [2.45, 2.75) is 5.88 Å². The van der Waals surface area contributed by atoms with Crippen LogP contribution in [-0.2, 0) is 5.88 Å². The van der Waals surface area contributed by atoms with Gasteiger partial charge in [-0.2, -0.15) is 0 Å². The first-order valence-corrected chi connectivity index (χ1v) is 6.28. The van der Waals surface area contributed by atoms with E-state index in [0.717, 1.165) is 5.56 Å². The number of non-ortho nitro benzene ring substituents is 1. The summed E-state index contributed by atoms with van der Waals surface area (Å²) in [6.07, 6.45) is 0. The molecule has 0 bridgehead atoms. The Kier molecular flexibility index (Phi) is 4.24. The van der Waals surface area contributed by atoms with Crippen LogP contribution in [0, 0.1) is 10.1 Å². The predicted molar refractivity (Wildman–Crippen MR) is 74.2 cm³/mol.